The molecule has 0 spiro atoms. The average molecular weight is 291 g/mol. The molecule has 1 aromatic heterocycles. The summed E-state index contributed by atoms with van der Waals surface area (Å²) in [6, 6.07) is 6.84. The maximum absolute atomic E-state index is 11.6. The minimum atomic E-state index is -0.862. The highest BCUT2D eigenvalue weighted by Gasteiger charge is 2.24. The molecule has 6 heteroatoms. The van der Waals surface area contributed by atoms with Gasteiger partial charge in [-0.25, -0.2) is 9.78 Å². The molecule has 1 aromatic carbocycles. The molecule has 1 unspecified atom stereocenters. The molecule has 106 valence electrons. The average Bonchev–Trinajstić information content (AvgIpc) is 2.72. The zero-order chi connectivity index (χ0) is 14.7. The first-order valence-corrected chi connectivity index (χ1v) is 6.92. The summed E-state index contributed by atoms with van der Waals surface area (Å²) in [5, 5.41) is 9.48. The topological polar surface area (TPSA) is 81.1 Å². The molecule has 0 radical (unpaired) electrons. The van der Waals surface area contributed by atoms with Crippen LogP contribution in [0.25, 0.3) is 11.0 Å². The monoisotopic (exact) mass is 291 g/mol. The number of imidazole rings is 1. The molecular weight excluding hydrogens is 274 g/mol. The van der Waals surface area contributed by atoms with E-state index in [2.05, 4.69) is 4.98 Å². The third kappa shape index (κ3) is 2.80. The number of rotatable bonds is 6. The summed E-state index contributed by atoms with van der Waals surface area (Å²) in [5.41, 5.74) is 7.17. The Kier molecular flexibility index (Phi) is 4.34. The van der Waals surface area contributed by atoms with Crippen molar-refractivity contribution >= 4 is 34.2 Å². The smallest absolute Gasteiger partial charge is 0.326 e. The first-order valence-electron chi connectivity index (χ1n) is 6.51. The SMILES string of the molecule is CCCC(C(=O)O)n1c(CC(N)=S)nc2ccccc21. The van der Waals surface area contributed by atoms with E-state index in [1.54, 1.807) is 4.57 Å². The van der Waals surface area contributed by atoms with Crippen LogP contribution in [0.3, 0.4) is 0 Å². The van der Waals surface area contributed by atoms with Gasteiger partial charge in [-0.3, -0.25) is 0 Å². The predicted octanol–water partition coefficient (Wildman–Crippen LogP) is 2.29. The summed E-state index contributed by atoms with van der Waals surface area (Å²) in [6.07, 6.45) is 1.62. The lowest BCUT2D eigenvalue weighted by Gasteiger charge is -2.17. The normalized spacial score (nSPS) is 12.4. The van der Waals surface area contributed by atoms with Gasteiger partial charge in [-0.05, 0) is 18.6 Å². The Morgan fingerprint density at radius 2 is 2.20 bits per heavy atom. The number of nitrogens with zero attached hydrogens (tertiary/aromatic N) is 2. The van der Waals surface area contributed by atoms with Gasteiger partial charge < -0.3 is 15.4 Å². The second kappa shape index (κ2) is 6.00. The number of carboxylic acids is 1. The third-order valence-electron chi connectivity index (χ3n) is 3.16. The van der Waals surface area contributed by atoms with Gasteiger partial charge in [-0.1, -0.05) is 37.7 Å². The van der Waals surface area contributed by atoms with Crippen molar-refractivity contribution in [2.75, 3.05) is 0 Å². The van der Waals surface area contributed by atoms with Crippen LogP contribution in [0.5, 0.6) is 0 Å². The van der Waals surface area contributed by atoms with Gasteiger partial charge in [0.25, 0.3) is 0 Å². The molecule has 0 bridgehead atoms. The molecule has 5 nitrogen and oxygen atoms in total. The number of thiocarbonyl (C=S) groups is 1. The third-order valence-corrected chi connectivity index (χ3v) is 3.30. The Morgan fingerprint density at radius 3 is 2.80 bits per heavy atom. The van der Waals surface area contributed by atoms with Gasteiger partial charge >= 0.3 is 5.97 Å². The fourth-order valence-corrected chi connectivity index (χ4v) is 2.49. The van der Waals surface area contributed by atoms with Gasteiger partial charge in [0.1, 0.15) is 11.9 Å². The van der Waals surface area contributed by atoms with Crippen LogP contribution in [0.2, 0.25) is 0 Å². The number of hydrogen-bond donors (Lipinski definition) is 2. The molecule has 1 heterocycles. The summed E-state index contributed by atoms with van der Waals surface area (Å²) in [7, 11) is 0. The second-order valence-corrected chi connectivity index (χ2v) is 5.20. The minimum absolute atomic E-state index is 0.303. The van der Waals surface area contributed by atoms with Crippen LogP contribution in [0, 0.1) is 0 Å². The summed E-state index contributed by atoms with van der Waals surface area (Å²) >= 11 is 4.94. The van der Waals surface area contributed by atoms with Crippen molar-refractivity contribution in [1.82, 2.24) is 9.55 Å². The summed E-state index contributed by atoms with van der Waals surface area (Å²) in [6.45, 7) is 1.96. The lowest BCUT2D eigenvalue weighted by Crippen LogP contribution is -2.23. The standard InChI is InChI=1S/C14H17N3O2S/c1-2-5-11(14(18)19)17-10-7-4-3-6-9(10)16-13(17)8-12(15)20/h3-4,6-7,11H,2,5,8H2,1H3,(H2,15,20)(H,18,19). The first-order chi connectivity index (χ1) is 9.54. The number of fused-ring (bicyclic) bond motifs is 1. The zero-order valence-corrected chi connectivity index (χ0v) is 12.1. The van der Waals surface area contributed by atoms with E-state index in [0.29, 0.717) is 23.7 Å². The Hall–Kier alpha value is -1.95. The highest BCUT2D eigenvalue weighted by molar-refractivity contribution is 7.80. The lowest BCUT2D eigenvalue weighted by atomic mass is 10.1. The van der Waals surface area contributed by atoms with Crippen molar-refractivity contribution in [1.29, 1.82) is 0 Å². The molecule has 0 aliphatic heterocycles. The molecule has 0 amide bonds. The maximum atomic E-state index is 11.6. The van der Waals surface area contributed by atoms with Crippen LogP contribution in [-0.2, 0) is 11.2 Å². The summed E-state index contributed by atoms with van der Waals surface area (Å²) in [5.74, 6) is -0.251. The van der Waals surface area contributed by atoms with E-state index in [4.69, 9.17) is 18.0 Å². The maximum Gasteiger partial charge on any atom is 0.326 e. The van der Waals surface area contributed by atoms with Crippen molar-refractivity contribution < 1.29 is 9.90 Å². The van der Waals surface area contributed by atoms with Crippen LogP contribution in [0.1, 0.15) is 31.6 Å². The second-order valence-electron chi connectivity index (χ2n) is 4.67. The fraction of sp³-hybridized carbons (Fsp3) is 0.357. The van der Waals surface area contributed by atoms with Crippen LogP contribution in [0.15, 0.2) is 24.3 Å². The van der Waals surface area contributed by atoms with Crippen LogP contribution in [0.4, 0.5) is 0 Å². The van der Waals surface area contributed by atoms with E-state index in [1.807, 2.05) is 31.2 Å². The van der Waals surface area contributed by atoms with E-state index in [-0.39, 0.29) is 0 Å². The van der Waals surface area contributed by atoms with E-state index in [1.165, 1.54) is 0 Å². The molecule has 0 aliphatic rings. The van der Waals surface area contributed by atoms with Gasteiger partial charge in [-0.2, -0.15) is 0 Å². The Bertz CT molecular complexity index is 651. The number of carbonyl (C=O) groups is 1. The van der Waals surface area contributed by atoms with E-state index < -0.39 is 12.0 Å². The van der Waals surface area contributed by atoms with Crippen molar-refractivity contribution in [3.63, 3.8) is 0 Å². The number of aliphatic carboxylic acids is 1. The van der Waals surface area contributed by atoms with Gasteiger partial charge in [0.05, 0.1) is 22.4 Å². The van der Waals surface area contributed by atoms with Gasteiger partial charge in [0.15, 0.2) is 0 Å². The Morgan fingerprint density at radius 1 is 1.50 bits per heavy atom. The molecular formula is C14H17N3O2S. The number of nitrogens with two attached hydrogens (primary N) is 1. The summed E-state index contributed by atoms with van der Waals surface area (Å²) in [4.78, 5) is 16.3. The molecule has 20 heavy (non-hydrogen) atoms. The van der Waals surface area contributed by atoms with E-state index in [0.717, 1.165) is 17.5 Å². The van der Waals surface area contributed by atoms with Gasteiger partial charge in [-0.15, -0.1) is 0 Å². The molecule has 1 atom stereocenters. The largest absolute Gasteiger partial charge is 0.480 e. The molecule has 0 fully saturated rings. The number of benzene rings is 1. The van der Waals surface area contributed by atoms with E-state index >= 15 is 0 Å². The van der Waals surface area contributed by atoms with E-state index in [9.17, 15) is 9.90 Å². The quantitative estimate of drug-likeness (QED) is 0.798. The van der Waals surface area contributed by atoms with Gasteiger partial charge in [0, 0.05) is 0 Å². The number of carboxylic acid groups (broad SMARTS) is 1. The van der Waals surface area contributed by atoms with Crippen LogP contribution in [-0.4, -0.2) is 25.6 Å². The van der Waals surface area contributed by atoms with Crippen molar-refractivity contribution in [3.8, 4) is 0 Å². The van der Waals surface area contributed by atoms with Gasteiger partial charge in [0.2, 0.25) is 0 Å². The van der Waals surface area contributed by atoms with Crippen molar-refractivity contribution in [3.05, 3.63) is 30.1 Å². The lowest BCUT2D eigenvalue weighted by molar-refractivity contribution is -0.141. The molecule has 2 rings (SSSR count). The van der Waals surface area contributed by atoms with Crippen LogP contribution >= 0.6 is 12.2 Å². The number of hydrogen-bond acceptors (Lipinski definition) is 3. The predicted molar refractivity (Wildman–Crippen MR) is 81.8 cm³/mol. The fourth-order valence-electron chi connectivity index (χ4n) is 2.36. The molecule has 0 saturated heterocycles. The Balaban J connectivity index is 2.62. The minimum Gasteiger partial charge on any atom is -0.480 e. The number of para-hydroxylation sites is 2. The highest BCUT2D eigenvalue weighted by atomic mass is 32.1. The summed E-state index contributed by atoms with van der Waals surface area (Å²) < 4.78 is 1.75. The van der Waals surface area contributed by atoms with Crippen molar-refractivity contribution in [2.45, 2.75) is 32.2 Å². The highest BCUT2D eigenvalue weighted by Crippen LogP contribution is 2.25. The molecule has 3 N–H and O–H groups in total. The van der Waals surface area contributed by atoms with Crippen molar-refractivity contribution in [2.24, 2.45) is 5.73 Å². The first kappa shape index (κ1) is 14.5. The van der Waals surface area contributed by atoms with Crippen LogP contribution < -0.4 is 5.73 Å². The molecule has 0 aliphatic carbocycles. The number of aromatic nitrogens is 2. The zero-order valence-electron chi connectivity index (χ0n) is 11.2. The Labute approximate surface area is 122 Å². The molecule has 2 aromatic rings. The molecule has 0 saturated carbocycles.